The van der Waals surface area contributed by atoms with Crippen molar-refractivity contribution in [1.82, 2.24) is 5.32 Å². The van der Waals surface area contributed by atoms with Crippen molar-refractivity contribution in [3.05, 3.63) is 83.9 Å². The van der Waals surface area contributed by atoms with Crippen LogP contribution < -0.4 is 19.7 Å². The van der Waals surface area contributed by atoms with E-state index in [0.29, 0.717) is 19.6 Å². The van der Waals surface area contributed by atoms with Crippen molar-refractivity contribution in [3.8, 4) is 11.5 Å². The standard InChI is InChI=1S/C27H32N2O3.C2H4O2/c1-20-8-11-22(12-9-20)29(2)23-13-15-27-21(16-23)10-14-26(32-27)18-28-17-24(30)19-31-25-6-4-3-5-7-25;1-4-2-3/h3-9,11-13,15-16,24,26,28,30H,10,14,17-19H2,1-2H3;2H,1H3. The van der Waals surface area contributed by atoms with Crippen LogP contribution in [0.25, 0.3) is 0 Å². The lowest BCUT2D eigenvalue weighted by molar-refractivity contribution is -0.126. The number of nitrogens with one attached hydrogen (secondary N) is 1. The molecule has 0 aliphatic carbocycles. The van der Waals surface area contributed by atoms with Crippen LogP contribution in [0.4, 0.5) is 11.4 Å². The molecular weight excluding hydrogens is 456 g/mol. The van der Waals surface area contributed by atoms with Gasteiger partial charge in [-0.2, -0.15) is 0 Å². The molecule has 0 bridgehead atoms. The van der Waals surface area contributed by atoms with E-state index in [9.17, 15) is 5.11 Å². The molecule has 1 aliphatic heterocycles. The number of aliphatic hydroxyl groups excluding tert-OH is 1. The summed E-state index contributed by atoms with van der Waals surface area (Å²) in [6.45, 7) is 3.92. The summed E-state index contributed by atoms with van der Waals surface area (Å²) in [6, 6.07) is 24.5. The van der Waals surface area contributed by atoms with E-state index in [4.69, 9.17) is 14.3 Å². The van der Waals surface area contributed by atoms with Crippen LogP contribution in [0.1, 0.15) is 17.5 Å². The molecule has 7 nitrogen and oxygen atoms in total. The number of hydrogen-bond donors (Lipinski definition) is 2. The van der Waals surface area contributed by atoms with Crippen LogP contribution in [0.2, 0.25) is 0 Å². The number of benzene rings is 3. The van der Waals surface area contributed by atoms with Crippen LogP contribution >= 0.6 is 0 Å². The maximum absolute atomic E-state index is 10.2. The van der Waals surface area contributed by atoms with Crippen molar-refractivity contribution in [2.75, 3.05) is 38.8 Å². The largest absolute Gasteiger partial charge is 0.491 e. The SMILES string of the molecule is COC=O.Cc1ccc(N(C)c2ccc3c(c2)CCC(CNCC(O)COc2ccccc2)O3)cc1. The van der Waals surface area contributed by atoms with E-state index < -0.39 is 6.10 Å². The zero-order chi connectivity index (χ0) is 25.8. The van der Waals surface area contributed by atoms with Crippen molar-refractivity contribution >= 4 is 17.8 Å². The fraction of sp³-hybridized carbons (Fsp3) is 0.345. The van der Waals surface area contributed by atoms with Gasteiger partial charge in [0.05, 0.1) is 7.11 Å². The van der Waals surface area contributed by atoms with E-state index in [2.05, 4.69) is 71.4 Å². The summed E-state index contributed by atoms with van der Waals surface area (Å²) < 4.78 is 15.7. The van der Waals surface area contributed by atoms with Crippen molar-refractivity contribution in [3.63, 3.8) is 0 Å². The second kappa shape index (κ2) is 14.1. The Labute approximate surface area is 213 Å². The molecule has 2 unspecified atom stereocenters. The molecule has 3 aromatic rings. The minimum Gasteiger partial charge on any atom is -0.491 e. The fourth-order valence-corrected chi connectivity index (χ4v) is 3.88. The summed E-state index contributed by atoms with van der Waals surface area (Å²) in [5, 5.41) is 13.5. The van der Waals surface area contributed by atoms with Gasteiger partial charge >= 0.3 is 0 Å². The van der Waals surface area contributed by atoms with Crippen molar-refractivity contribution in [2.24, 2.45) is 0 Å². The number of ether oxygens (including phenoxy) is 3. The molecule has 1 aliphatic rings. The number of nitrogens with zero attached hydrogens (tertiary/aromatic N) is 1. The first-order chi connectivity index (χ1) is 17.5. The lowest BCUT2D eigenvalue weighted by atomic mass is 10.0. The highest BCUT2D eigenvalue weighted by Gasteiger charge is 2.21. The molecule has 0 amide bonds. The normalized spacial score (nSPS) is 14.8. The van der Waals surface area contributed by atoms with Gasteiger partial charge in [-0.05, 0) is 67.8 Å². The molecule has 7 heteroatoms. The van der Waals surface area contributed by atoms with E-state index in [1.165, 1.54) is 23.9 Å². The Kier molecular flexibility index (Phi) is 10.6. The minimum absolute atomic E-state index is 0.102. The molecule has 0 saturated heterocycles. The molecule has 2 atom stereocenters. The number of aliphatic hydroxyl groups is 1. The summed E-state index contributed by atoms with van der Waals surface area (Å²) in [5.74, 6) is 1.73. The quantitative estimate of drug-likeness (QED) is 0.409. The van der Waals surface area contributed by atoms with Gasteiger partial charge in [0, 0.05) is 31.5 Å². The number of carbonyl (C=O) groups is 1. The Hall–Kier alpha value is -3.55. The van der Waals surface area contributed by atoms with E-state index in [0.717, 1.165) is 30.0 Å². The summed E-state index contributed by atoms with van der Waals surface area (Å²) in [7, 11) is 3.41. The highest BCUT2D eigenvalue weighted by atomic mass is 16.5. The number of rotatable bonds is 10. The molecule has 0 aromatic heterocycles. The summed E-state index contributed by atoms with van der Waals surface area (Å²) in [4.78, 5) is 11.2. The first-order valence-corrected chi connectivity index (χ1v) is 12.1. The molecule has 0 spiro atoms. The highest BCUT2D eigenvalue weighted by molar-refractivity contribution is 5.64. The van der Waals surface area contributed by atoms with Gasteiger partial charge in [-0.3, -0.25) is 4.79 Å². The van der Waals surface area contributed by atoms with Crippen LogP contribution in [0.5, 0.6) is 11.5 Å². The van der Waals surface area contributed by atoms with Gasteiger partial charge in [-0.1, -0.05) is 35.9 Å². The Balaban J connectivity index is 0.000000840. The Morgan fingerprint density at radius 1 is 1.11 bits per heavy atom. The average Bonchev–Trinajstić information content (AvgIpc) is 2.92. The highest BCUT2D eigenvalue weighted by Crippen LogP contribution is 2.33. The second-order valence-corrected chi connectivity index (χ2v) is 8.73. The molecule has 36 heavy (non-hydrogen) atoms. The second-order valence-electron chi connectivity index (χ2n) is 8.73. The number of aryl methyl sites for hydroxylation is 2. The zero-order valence-electron chi connectivity index (χ0n) is 21.2. The van der Waals surface area contributed by atoms with Crippen molar-refractivity contribution < 1.29 is 24.1 Å². The zero-order valence-corrected chi connectivity index (χ0v) is 21.2. The molecule has 0 fully saturated rings. The topological polar surface area (TPSA) is 80.3 Å². The Bertz CT molecular complexity index is 1060. The minimum atomic E-state index is -0.564. The van der Waals surface area contributed by atoms with Gasteiger partial charge in [0.25, 0.3) is 6.47 Å². The monoisotopic (exact) mass is 492 g/mol. The summed E-state index contributed by atoms with van der Waals surface area (Å²) in [6.07, 6.45) is 1.47. The number of methoxy groups -OCH3 is 1. The molecule has 4 rings (SSSR count). The third-order valence-electron chi connectivity index (χ3n) is 5.92. The van der Waals surface area contributed by atoms with Gasteiger partial charge in [-0.15, -0.1) is 0 Å². The average molecular weight is 493 g/mol. The predicted octanol–water partition coefficient (Wildman–Crippen LogP) is 4.28. The molecule has 2 N–H and O–H groups in total. The molecule has 0 radical (unpaired) electrons. The van der Waals surface area contributed by atoms with Crippen LogP contribution in [-0.2, 0) is 16.0 Å². The van der Waals surface area contributed by atoms with E-state index in [1.807, 2.05) is 30.3 Å². The Morgan fingerprint density at radius 2 is 1.81 bits per heavy atom. The van der Waals surface area contributed by atoms with Gasteiger partial charge in [0.1, 0.15) is 30.3 Å². The van der Waals surface area contributed by atoms with E-state index >= 15 is 0 Å². The number of fused-ring (bicyclic) bond motifs is 1. The first kappa shape index (κ1) is 27.0. The maximum Gasteiger partial charge on any atom is 0.292 e. The molecule has 192 valence electrons. The predicted molar refractivity (Wildman–Crippen MR) is 142 cm³/mol. The third kappa shape index (κ3) is 8.29. The maximum atomic E-state index is 10.2. The first-order valence-electron chi connectivity index (χ1n) is 12.1. The lowest BCUT2D eigenvalue weighted by Crippen LogP contribution is -2.39. The van der Waals surface area contributed by atoms with Gasteiger partial charge in [0.2, 0.25) is 0 Å². The van der Waals surface area contributed by atoms with Crippen molar-refractivity contribution in [2.45, 2.75) is 32.0 Å². The smallest absolute Gasteiger partial charge is 0.292 e. The van der Waals surface area contributed by atoms with Gasteiger partial charge in [0.15, 0.2) is 0 Å². The molecule has 0 saturated carbocycles. The van der Waals surface area contributed by atoms with Crippen LogP contribution in [0.3, 0.4) is 0 Å². The van der Waals surface area contributed by atoms with E-state index in [1.54, 1.807) is 0 Å². The number of hydrogen-bond acceptors (Lipinski definition) is 7. The molecule has 1 heterocycles. The van der Waals surface area contributed by atoms with Crippen LogP contribution in [-0.4, -0.2) is 57.6 Å². The van der Waals surface area contributed by atoms with Crippen LogP contribution in [0, 0.1) is 6.92 Å². The summed E-state index contributed by atoms with van der Waals surface area (Å²) in [5.41, 5.74) is 4.84. The van der Waals surface area contributed by atoms with Gasteiger partial charge < -0.3 is 29.5 Å². The fourth-order valence-electron chi connectivity index (χ4n) is 3.88. The lowest BCUT2D eigenvalue weighted by Gasteiger charge is -2.28. The number of anilines is 2. The third-order valence-corrected chi connectivity index (χ3v) is 5.92. The van der Waals surface area contributed by atoms with Crippen LogP contribution in [0.15, 0.2) is 72.8 Å². The van der Waals surface area contributed by atoms with Crippen molar-refractivity contribution in [1.29, 1.82) is 0 Å². The van der Waals surface area contributed by atoms with Gasteiger partial charge in [-0.25, -0.2) is 0 Å². The number of carbonyl (C=O) groups excluding carboxylic acids is 1. The Morgan fingerprint density at radius 3 is 2.50 bits per heavy atom. The van der Waals surface area contributed by atoms with E-state index in [-0.39, 0.29) is 12.7 Å². The number of para-hydroxylation sites is 1. The molecular formula is C29H36N2O5. The summed E-state index contributed by atoms with van der Waals surface area (Å²) >= 11 is 0. The molecule has 3 aromatic carbocycles.